The van der Waals surface area contributed by atoms with Crippen molar-refractivity contribution in [2.45, 2.75) is 156 Å². The lowest BCUT2D eigenvalue weighted by molar-refractivity contribution is -0.146. The van der Waals surface area contributed by atoms with Crippen molar-refractivity contribution in [1.29, 1.82) is 0 Å². The minimum Gasteiger partial charge on any atom is -0.444 e. The van der Waals surface area contributed by atoms with Crippen LogP contribution in [-0.2, 0) is 41.7 Å². The van der Waals surface area contributed by atoms with Gasteiger partial charge in [0.25, 0.3) is 11.8 Å². The Kier molecular flexibility index (Phi) is 23.8. The van der Waals surface area contributed by atoms with Gasteiger partial charge in [0.1, 0.15) is 16.8 Å². The number of nitrogens with zero attached hydrogens (tertiary/aromatic N) is 2. The lowest BCUT2D eigenvalue weighted by Crippen LogP contribution is -2.47. The molecule has 0 aliphatic carbocycles. The number of benzene rings is 2. The molecule has 2 unspecified atom stereocenters. The van der Waals surface area contributed by atoms with E-state index >= 15 is 0 Å². The van der Waals surface area contributed by atoms with Crippen molar-refractivity contribution in [3.05, 3.63) is 71.8 Å². The molecule has 0 aliphatic heterocycles. The SMILES string of the molecule is CC(CCN(CCCCNC(=O)C(OCc1ccccc1)C(=O)NCCCCCCN/C(=N/C(=O)OC(C)(C)C)NC(=O)OC(C)(C)C)Cc1ccccc1)NC(=O)OC(C)(C)C. The van der Waals surface area contributed by atoms with Gasteiger partial charge in [-0.1, -0.05) is 73.5 Å². The summed E-state index contributed by atoms with van der Waals surface area (Å²) in [5.41, 5.74) is -0.0492. The summed E-state index contributed by atoms with van der Waals surface area (Å²) >= 11 is 0. The van der Waals surface area contributed by atoms with Crippen molar-refractivity contribution in [2.24, 2.45) is 4.99 Å². The number of rotatable bonds is 23. The zero-order valence-corrected chi connectivity index (χ0v) is 39.4. The molecular formula is C47H75N7O9. The lowest BCUT2D eigenvalue weighted by atomic mass is 10.1. The molecule has 5 N–H and O–H groups in total. The standard InChI is InChI=1S/C47H75N7O9/c1-35(51-42(57)61-45(2,3)4)27-32-54(33-36-23-15-13-16-24-36)31-22-21-29-49-40(56)38(60-34-37-25-17-14-18-26-37)39(55)48-28-19-11-12-20-30-50-41(52-43(58)62-46(5,6)7)53-44(59)63-47(8,9)10/h13-18,23-26,35,38H,11-12,19-22,27-34H2,1-10H3,(H,48,55)(H,49,56)(H,51,57)(H2,50,52,53,58,59). The van der Waals surface area contributed by atoms with E-state index in [1.165, 1.54) is 5.56 Å². The van der Waals surface area contributed by atoms with Gasteiger partial charge in [0.2, 0.25) is 12.1 Å². The molecule has 5 amide bonds. The number of hydrogen-bond donors (Lipinski definition) is 5. The number of guanidine groups is 1. The Balaban J connectivity index is 1.87. The molecule has 2 rings (SSSR count). The van der Waals surface area contributed by atoms with Gasteiger partial charge in [0, 0.05) is 38.8 Å². The Bertz CT molecular complexity index is 1710. The maximum Gasteiger partial charge on any atom is 0.437 e. The van der Waals surface area contributed by atoms with Crippen LogP contribution in [0.1, 0.15) is 125 Å². The second-order valence-corrected chi connectivity index (χ2v) is 18.5. The first-order valence-corrected chi connectivity index (χ1v) is 22.1. The van der Waals surface area contributed by atoms with Crippen LogP contribution in [0.3, 0.4) is 0 Å². The average Bonchev–Trinajstić information content (AvgIpc) is 3.16. The van der Waals surface area contributed by atoms with Crippen molar-refractivity contribution in [3.8, 4) is 0 Å². The molecule has 0 radical (unpaired) electrons. The second kappa shape index (κ2) is 27.8. The van der Waals surface area contributed by atoms with Crippen LogP contribution in [0.25, 0.3) is 0 Å². The summed E-state index contributed by atoms with van der Waals surface area (Å²) in [6.45, 7) is 21.3. The highest BCUT2D eigenvalue weighted by Gasteiger charge is 2.27. The van der Waals surface area contributed by atoms with Gasteiger partial charge in [0.05, 0.1) is 6.61 Å². The fraction of sp³-hybridized carbons (Fsp3) is 0.617. The fourth-order valence-corrected chi connectivity index (χ4v) is 5.86. The van der Waals surface area contributed by atoms with E-state index in [1.54, 1.807) is 41.5 Å². The maximum atomic E-state index is 13.4. The number of nitrogens with one attached hydrogen (secondary N) is 5. The zero-order chi connectivity index (χ0) is 46.9. The van der Waals surface area contributed by atoms with E-state index in [4.69, 9.17) is 18.9 Å². The van der Waals surface area contributed by atoms with Crippen LogP contribution in [0.5, 0.6) is 0 Å². The second-order valence-electron chi connectivity index (χ2n) is 18.5. The fourth-order valence-electron chi connectivity index (χ4n) is 5.86. The predicted octanol–water partition coefficient (Wildman–Crippen LogP) is 7.36. The zero-order valence-electron chi connectivity index (χ0n) is 39.4. The van der Waals surface area contributed by atoms with Crippen molar-refractivity contribution in [3.63, 3.8) is 0 Å². The quantitative estimate of drug-likeness (QED) is 0.0246. The van der Waals surface area contributed by atoms with Crippen LogP contribution >= 0.6 is 0 Å². The third-order valence-electron chi connectivity index (χ3n) is 8.74. The Morgan fingerprint density at radius 2 is 1.10 bits per heavy atom. The topological polar surface area (TPSA) is 198 Å². The molecule has 0 fully saturated rings. The van der Waals surface area contributed by atoms with Gasteiger partial charge in [0.15, 0.2) is 0 Å². The van der Waals surface area contributed by atoms with E-state index < -0.39 is 53.0 Å². The molecule has 0 saturated heterocycles. The minimum atomic E-state index is -1.33. The van der Waals surface area contributed by atoms with E-state index in [1.807, 2.05) is 76.2 Å². The molecule has 16 nitrogen and oxygen atoms in total. The highest BCUT2D eigenvalue weighted by molar-refractivity contribution is 6.03. The first-order valence-electron chi connectivity index (χ1n) is 22.1. The van der Waals surface area contributed by atoms with E-state index in [2.05, 4.69) is 48.6 Å². The Hall–Kier alpha value is -5.22. The van der Waals surface area contributed by atoms with Crippen LogP contribution in [0.2, 0.25) is 0 Å². The average molecular weight is 882 g/mol. The number of amides is 5. The maximum absolute atomic E-state index is 13.4. The molecule has 0 saturated carbocycles. The third-order valence-corrected chi connectivity index (χ3v) is 8.74. The number of unbranched alkanes of at least 4 members (excludes halogenated alkanes) is 4. The van der Waals surface area contributed by atoms with Crippen LogP contribution in [0.4, 0.5) is 14.4 Å². The molecule has 16 heteroatoms. The van der Waals surface area contributed by atoms with Crippen molar-refractivity contribution in [2.75, 3.05) is 32.7 Å². The Labute approximate surface area is 375 Å². The van der Waals surface area contributed by atoms with Gasteiger partial charge in [-0.25, -0.2) is 14.4 Å². The first kappa shape index (κ1) is 53.9. The number of carbonyl (C=O) groups excluding carboxylic acids is 5. The molecule has 0 aromatic heterocycles. The van der Waals surface area contributed by atoms with Gasteiger partial charge in [-0.15, -0.1) is 4.99 Å². The summed E-state index contributed by atoms with van der Waals surface area (Å²) in [6, 6.07) is 19.5. The largest absolute Gasteiger partial charge is 0.444 e. The third kappa shape index (κ3) is 27.5. The van der Waals surface area contributed by atoms with E-state index in [0.29, 0.717) is 38.9 Å². The van der Waals surface area contributed by atoms with Gasteiger partial charge in [-0.05, 0) is 119 Å². The number of aliphatic imine (C=N–C) groups is 1. The van der Waals surface area contributed by atoms with Gasteiger partial charge >= 0.3 is 18.3 Å². The highest BCUT2D eigenvalue weighted by atomic mass is 16.6. The van der Waals surface area contributed by atoms with Crippen LogP contribution in [-0.4, -0.2) is 103 Å². The van der Waals surface area contributed by atoms with Gasteiger partial charge in [-0.3, -0.25) is 19.8 Å². The molecule has 2 atom stereocenters. The summed E-state index contributed by atoms with van der Waals surface area (Å²) in [5.74, 6) is -1.09. The molecule has 0 aliphatic rings. The molecule has 63 heavy (non-hydrogen) atoms. The van der Waals surface area contributed by atoms with Crippen molar-refractivity contribution >= 4 is 36.1 Å². The highest BCUT2D eigenvalue weighted by Crippen LogP contribution is 2.12. The summed E-state index contributed by atoms with van der Waals surface area (Å²) in [5, 5.41) is 14.1. The molecular weight excluding hydrogens is 807 g/mol. The normalized spacial score (nSPS) is 13.0. The number of ether oxygens (including phenoxy) is 4. The number of carbonyl (C=O) groups is 5. The molecule has 0 heterocycles. The molecule has 352 valence electrons. The number of hydrogen-bond acceptors (Lipinski definition) is 10. The van der Waals surface area contributed by atoms with E-state index in [-0.39, 0.29) is 18.6 Å². The van der Waals surface area contributed by atoms with E-state index in [9.17, 15) is 24.0 Å². The van der Waals surface area contributed by atoms with E-state index in [0.717, 1.165) is 50.9 Å². The summed E-state index contributed by atoms with van der Waals surface area (Å²) in [7, 11) is 0. The monoisotopic (exact) mass is 882 g/mol. The van der Waals surface area contributed by atoms with Crippen LogP contribution < -0.4 is 26.6 Å². The van der Waals surface area contributed by atoms with Crippen molar-refractivity contribution in [1.82, 2.24) is 31.5 Å². The Morgan fingerprint density at radius 1 is 0.603 bits per heavy atom. The van der Waals surface area contributed by atoms with Crippen molar-refractivity contribution < 1.29 is 42.9 Å². The minimum absolute atomic E-state index is 0.0770. The first-order chi connectivity index (χ1) is 29.6. The van der Waals surface area contributed by atoms with Gasteiger partial charge in [-0.2, -0.15) is 0 Å². The van der Waals surface area contributed by atoms with Crippen LogP contribution in [0.15, 0.2) is 65.7 Å². The summed E-state index contributed by atoms with van der Waals surface area (Å²) in [4.78, 5) is 69.9. The summed E-state index contributed by atoms with van der Waals surface area (Å²) < 4.78 is 21.9. The molecule has 2 aromatic rings. The Morgan fingerprint density at radius 3 is 1.63 bits per heavy atom. The molecule has 0 bridgehead atoms. The smallest absolute Gasteiger partial charge is 0.437 e. The lowest BCUT2D eigenvalue weighted by Gasteiger charge is -2.26. The predicted molar refractivity (Wildman–Crippen MR) is 245 cm³/mol. The van der Waals surface area contributed by atoms with Gasteiger partial charge < -0.3 is 40.2 Å². The molecule has 0 spiro atoms. The molecule has 2 aromatic carbocycles. The number of alkyl carbamates (subject to hydrolysis) is 2. The summed E-state index contributed by atoms with van der Waals surface area (Å²) in [6.07, 6.45) is 1.72. The van der Waals surface area contributed by atoms with Crippen LogP contribution in [0, 0.1) is 0 Å².